The molecule has 0 unspecified atom stereocenters. The molecule has 0 spiro atoms. The molecule has 14 heteroatoms. The van der Waals surface area contributed by atoms with Crippen molar-refractivity contribution in [2.24, 2.45) is 0 Å². The number of benzene rings is 3. The van der Waals surface area contributed by atoms with Gasteiger partial charge in [-0.1, -0.05) is 23.4 Å². The molecule has 0 heterocycles. The average molecular weight is 546 g/mol. The fraction of sp³-hybridized carbons (Fsp3) is 0.0952. The summed E-state index contributed by atoms with van der Waals surface area (Å²) in [5.41, 5.74) is -6.04. The van der Waals surface area contributed by atoms with Crippen molar-refractivity contribution in [1.82, 2.24) is 0 Å². The molecule has 2 N–H and O–H groups in total. The van der Waals surface area contributed by atoms with E-state index in [1.807, 2.05) is 0 Å². The number of hydrogen-bond acceptors (Lipinski definition) is 7. The van der Waals surface area contributed by atoms with Gasteiger partial charge in [-0.05, 0) is 54.6 Å². The predicted molar refractivity (Wildman–Crippen MR) is 126 cm³/mol. The van der Waals surface area contributed by atoms with Crippen molar-refractivity contribution in [2.45, 2.75) is 27.1 Å². The van der Waals surface area contributed by atoms with Gasteiger partial charge >= 0.3 is 5.51 Å². The molecule has 35 heavy (non-hydrogen) atoms. The van der Waals surface area contributed by atoms with Crippen LogP contribution in [0, 0.1) is 10.1 Å². The van der Waals surface area contributed by atoms with Gasteiger partial charge in [-0.25, -0.2) is 8.42 Å². The second-order valence-corrected chi connectivity index (χ2v) is 10.4. The maximum absolute atomic E-state index is 13.4. The maximum atomic E-state index is 13.4. The number of amides is 1. The number of nitrogens with zero attached hydrogens (tertiary/aromatic N) is 1. The number of nitro benzene ring substituents is 1. The van der Waals surface area contributed by atoms with Crippen LogP contribution in [-0.4, -0.2) is 24.8 Å². The number of nitrogens with one attached hydrogen (secondary N) is 2. The molecule has 0 fully saturated rings. The van der Waals surface area contributed by atoms with Crippen molar-refractivity contribution in [1.29, 1.82) is 0 Å². The van der Waals surface area contributed by atoms with Crippen molar-refractivity contribution < 1.29 is 31.3 Å². The van der Waals surface area contributed by atoms with Crippen molar-refractivity contribution >= 4 is 61.9 Å². The quantitative estimate of drug-likeness (QED) is 0.260. The van der Waals surface area contributed by atoms with Crippen molar-refractivity contribution in [3.8, 4) is 0 Å². The fourth-order valence-electron chi connectivity index (χ4n) is 2.84. The van der Waals surface area contributed by atoms with Crippen LogP contribution in [0.25, 0.3) is 0 Å². The third-order valence-corrected chi connectivity index (χ3v) is 7.35. The van der Waals surface area contributed by atoms with Gasteiger partial charge in [0.15, 0.2) is 0 Å². The lowest BCUT2D eigenvalue weighted by Crippen LogP contribution is -2.24. The monoisotopic (exact) mass is 545 g/mol. The molecular formula is C21H15ClF3N3O5S2. The number of anilines is 3. The first-order chi connectivity index (χ1) is 16.3. The van der Waals surface area contributed by atoms with E-state index in [2.05, 4.69) is 10.6 Å². The Kier molecular flexibility index (Phi) is 7.62. The van der Waals surface area contributed by atoms with Gasteiger partial charge in [0, 0.05) is 39.2 Å². The number of nitro groups is 1. The molecule has 3 aromatic carbocycles. The molecule has 0 aliphatic rings. The van der Waals surface area contributed by atoms with E-state index in [-0.39, 0.29) is 16.5 Å². The lowest BCUT2D eigenvalue weighted by Gasteiger charge is -2.15. The molecule has 1 amide bonds. The number of hydrogen-bond donors (Lipinski definition) is 2. The minimum absolute atomic E-state index is 0.236. The maximum Gasteiger partial charge on any atom is 0.501 e. The molecule has 0 bridgehead atoms. The first-order valence-electron chi connectivity index (χ1n) is 9.50. The van der Waals surface area contributed by atoms with Crippen LogP contribution in [0.4, 0.5) is 35.9 Å². The van der Waals surface area contributed by atoms with E-state index in [0.29, 0.717) is 39.1 Å². The van der Waals surface area contributed by atoms with Crippen LogP contribution in [0.3, 0.4) is 0 Å². The molecule has 8 nitrogen and oxygen atoms in total. The lowest BCUT2D eigenvalue weighted by atomic mass is 10.2. The Morgan fingerprint density at radius 1 is 1.03 bits per heavy atom. The summed E-state index contributed by atoms with van der Waals surface area (Å²) in [4.78, 5) is 20.5. The standard InChI is InChI=1S/C21H15ClF3N3O5S2/c1-12(29)26-14-4-6-15(7-5-14)27-17-10-19(34-16-8-2-13(22)3-9-16)20(11-18(17)28(30)31)35(32,33)21(23,24)25/h2-11,27H,1H3,(H,26,29). The molecule has 0 aliphatic carbocycles. The van der Waals surface area contributed by atoms with E-state index in [1.54, 1.807) is 0 Å². The largest absolute Gasteiger partial charge is 0.501 e. The van der Waals surface area contributed by atoms with Gasteiger partial charge in [-0.15, -0.1) is 0 Å². The Morgan fingerprint density at radius 3 is 2.11 bits per heavy atom. The Balaban J connectivity index is 2.13. The molecular weight excluding hydrogens is 531 g/mol. The summed E-state index contributed by atoms with van der Waals surface area (Å²) in [5.74, 6) is -0.313. The molecule has 3 aromatic rings. The molecule has 0 aromatic heterocycles. The van der Waals surface area contributed by atoms with Gasteiger partial charge in [0.2, 0.25) is 5.91 Å². The van der Waals surface area contributed by atoms with Crippen LogP contribution in [0.5, 0.6) is 0 Å². The topological polar surface area (TPSA) is 118 Å². The zero-order chi connectivity index (χ0) is 26.0. The Labute approximate surface area is 206 Å². The van der Waals surface area contributed by atoms with E-state index >= 15 is 0 Å². The van der Waals surface area contributed by atoms with Gasteiger partial charge in [-0.3, -0.25) is 14.9 Å². The van der Waals surface area contributed by atoms with Crippen molar-refractivity contribution in [3.63, 3.8) is 0 Å². The first-order valence-corrected chi connectivity index (χ1v) is 12.2. The second-order valence-electron chi connectivity index (χ2n) is 6.96. The summed E-state index contributed by atoms with van der Waals surface area (Å²) in [6.07, 6.45) is 0. The minimum atomic E-state index is -5.92. The second kappa shape index (κ2) is 10.1. The Morgan fingerprint density at radius 2 is 1.60 bits per heavy atom. The number of rotatable bonds is 7. The zero-order valence-electron chi connectivity index (χ0n) is 17.6. The Hall–Kier alpha value is -3.29. The summed E-state index contributed by atoms with van der Waals surface area (Å²) >= 11 is 6.50. The van der Waals surface area contributed by atoms with E-state index in [1.165, 1.54) is 55.5 Å². The van der Waals surface area contributed by atoms with Crippen LogP contribution in [0.15, 0.2) is 75.4 Å². The van der Waals surface area contributed by atoms with Crippen LogP contribution in [-0.2, 0) is 14.6 Å². The predicted octanol–water partition coefficient (Wildman–Crippen LogP) is 6.39. The summed E-state index contributed by atoms with van der Waals surface area (Å²) in [5, 5.41) is 17.3. The van der Waals surface area contributed by atoms with Crippen LogP contribution < -0.4 is 10.6 Å². The summed E-state index contributed by atoms with van der Waals surface area (Å²) in [6, 6.07) is 13.2. The smallest absolute Gasteiger partial charge is 0.350 e. The third kappa shape index (κ3) is 6.24. The molecule has 184 valence electrons. The number of carbonyl (C=O) groups excluding carboxylic acids is 1. The molecule has 0 atom stereocenters. The SMILES string of the molecule is CC(=O)Nc1ccc(Nc2cc(Sc3ccc(Cl)cc3)c(S(=O)(=O)C(F)(F)F)cc2[N+](=O)[O-])cc1. The van der Waals surface area contributed by atoms with Crippen LogP contribution in [0.2, 0.25) is 5.02 Å². The highest BCUT2D eigenvalue weighted by molar-refractivity contribution is 8.00. The van der Waals surface area contributed by atoms with E-state index in [0.717, 1.165) is 6.07 Å². The molecule has 0 saturated heterocycles. The minimum Gasteiger partial charge on any atom is -0.350 e. The number of alkyl halides is 3. The highest BCUT2D eigenvalue weighted by Gasteiger charge is 2.49. The van der Waals surface area contributed by atoms with Gasteiger partial charge in [0.05, 0.1) is 9.82 Å². The van der Waals surface area contributed by atoms with Gasteiger partial charge in [-0.2, -0.15) is 13.2 Å². The van der Waals surface area contributed by atoms with Crippen molar-refractivity contribution in [2.75, 3.05) is 10.6 Å². The third-order valence-electron chi connectivity index (χ3n) is 4.38. The van der Waals surface area contributed by atoms with Gasteiger partial charge in [0.1, 0.15) is 5.69 Å². The zero-order valence-corrected chi connectivity index (χ0v) is 20.0. The summed E-state index contributed by atoms with van der Waals surface area (Å²) in [7, 11) is -5.92. The lowest BCUT2D eigenvalue weighted by molar-refractivity contribution is -0.384. The average Bonchev–Trinajstić information content (AvgIpc) is 2.75. The van der Waals surface area contributed by atoms with Gasteiger partial charge in [0.25, 0.3) is 15.5 Å². The number of sulfone groups is 1. The summed E-state index contributed by atoms with van der Waals surface area (Å²) in [6.45, 7) is 1.31. The molecule has 0 aliphatic heterocycles. The van der Waals surface area contributed by atoms with Crippen LogP contribution in [0.1, 0.15) is 6.92 Å². The highest BCUT2D eigenvalue weighted by Crippen LogP contribution is 2.44. The van der Waals surface area contributed by atoms with Crippen LogP contribution >= 0.6 is 23.4 Å². The molecule has 0 saturated carbocycles. The molecule has 0 radical (unpaired) electrons. The summed E-state index contributed by atoms with van der Waals surface area (Å²) < 4.78 is 64.6. The van der Waals surface area contributed by atoms with E-state index in [9.17, 15) is 36.5 Å². The van der Waals surface area contributed by atoms with E-state index in [4.69, 9.17) is 11.6 Å². The number of halogens is 4. The first kappa shape index (κ1) is 26.3. The highest BCUT2D eigenvalue weighted by atomic mass is 35.5. The number of carbonyl (C=O) groups is 1. The Bertz CT molecular complexity index is 1380. The normalized spacial score (nSPS) is 11.7. The van der Waals surface area contributed by atoms with Gasteiger partial charge < -0.3 is 10.6 Å². The van der Waals surface area contributed by atoms with E-state index < -0.39 is 30.9 Å². The molecule has 3 rings (SSSR count). The fourth-order valence-corrected chi connectivity index (χ4v) is 5.12. The van der Waals surface area contributed by atoms with Crippen molar-refractivity contribution in [3.05, 3.63) is 75.8 Å².